The van der Waals surface area contributed by atoms with E-state index in [1.54, 1.807) is 6.07 Å². The third kappa shape index (κ3) is 4.82. The van der Waals surface area contributed by atoms with Crippen LogP contribution in [-0.4, -0.2) is 59.5 Å². The van der Waals surface area contributed by atoms with E-state index in [1.807, 2.05) is 32.2 Å². The van der Waals surface area contributed by atoms with Gasteiger partial charge < -0.3 is 15.2 Å². The molecule has 2 aromatic heterocycles. The highest BCUT2D eigenvalue weighted by Gasteiger charge is 2.32. The number of aromatic nitrogens is 2. The first-order valence-corrected chi connectivity index (χ1v) is 11.5. The first-order chi connectivity index (χ1) is 15.1. The number of aromatic amines is 1. The number of pyridine rings is 2. The molecule has 31 heavy (non-hydrogen) atoms. The van der Waals surface area contributed by atoms with Crippen LogP contribution in [0.4, 0.5) is 5.69 Å². The summed E-state index contributed by atoms with van der Waals surface area (Å²) in [6.07, 6.45) is 6.02. The number of nitrogens with zero attached hydrogens (tertiary/aromatic N) is 3. The van der Waals surface area contributed by atoms with Gasteiger partial charge in [0.05, 0.1) is 11.9 Å². The van der Waals surface area contributed by atoms with Crippen LogP contribution < -0.4 is 15.8 Å². The molecule has 0 spiro atoms. The van der Waals surface area contributed by atoms with E-state index in [2.05, 4.69) is 31.2 Å². The fourth-order valence-corrected chi connectivity index (χ4v) is 4.91. The Bertz CT molecular complexity index is 947. The molecule has 0 aromatic carbocycles. The van der Waals surface area contributed by atoms with E-state index in [1.165, 1.54) is 6.42 Å². The van der Waals surface area contributed by atoms with Gasteiger partial charge >= 0.3 is 0 Å². The van der Waals surface area contributed by atoms with Crippen LogP contribution in [0.25, 0.3) is 0 Å². The normalized spacial score (nSPS) is 21.9. The summed E-state index contributed by atoms with van der Waals surface area (Å²) in [4.78, 5) is 36.5. The van der Waals surface area contributed by atoms with E-state index >= 15 is 0 Å². The zero-order valence-corrected chi connectivity index (χ0v) is 18.6. The van der Waals surface area contributed by atoms with Crippen molar-refractivity contribution in [2.45, 2.75) is 51.5 Å². The zero-order chi connectivity index (χ0) is 21.8. The minimum absolute atomic E-state index is 0.0730. The number of hydrogen-bond donors (Lipinski definition) is 2. The molecule has 3 heterocycles. The number of aryl methyl sites for hydroxylation is 1. The van der Waals surface area contributed by atoms with E-state index in [4.69, 9.17) is 0 Å². The van der Waals surface area contributed by atoms with Crippen LogP contribution in [-0.2, 0) is 6.42 Å². The summed E-state index contributed by atoms with van der Waals surface area (Å²) in [5.74, 6) is 0.327. The molecule has 1 aliphatic heterocycles. The minimum Gasteiger partial charge on any atom is -0.368 e. The molecule has 2 atom stereocenters. The largest absolute Gasteiger partial charge is 0.368 e. The van der Waals surface area contributed by atoms with Crippen molar-refractivity contribution in [3.05, 3.63) is 57.8 Å². The number of rotatable bonds is 6. The lowest BCUT2D eigenvalue weighted by molar-refractivity contribution is 0.0951. The van der Waals surface area contributed by atoms with Gasteiger partial charge in [-0.15, -0.1) is 0 Å². The molecule has 7 heteroatoms. The second-order valence-electron chi connectivity index (χ2n) is 8.57. The van der Waals surface area contributed by atoms with Crippen molar-refractivity contribution < 1.29 is 4.79 Å². The molecule has 1 saturated carbocycles. The predicted octanol–water partition coefficient (Wildman–Crippen LogP) is 2.54. The fraction of sp³-hybridized carbons (Fsp3) is 0.542. The molecule has 1 aliphatic carbocycles. The maximum absolute atomic E-state index is 12.2. The fourth-order valence-electron chi connectivity index (χ4n) is 4.91. The van der Waals surface area contributed by atoms with Crippen LogP contribution in [0.1, 0.15) is 60.8 Å². The van der Waals surface area contributed by atoms with E-state index in [0.717, 1.165) is 62.4 Å². The van der Waals surface area contributed by atoms with E-state index < -0.39 is 0 Å². The molecule has 1 saturated heterocycles. The van der Waals surface area contributed by atoms with Gasteiger partial charge in [-0.05, 0) is 50.8 Å². The maximum Gasteiger partial charge on any atom is 0.269 e. The van der Waals surface area contributed by atoms with Crippen molar-refractivity contribution in [2.24, 2.45) is 0 Å². The molecule has 2 fully saturated rings. The third-order valence-electron chi connectivity index (χ3n) is 6.75. The Morgan fingerprint density at radius 2 is 1.94 bits per heavy atom. The van der Waals surface area contributed by atoms with Crippen LogP contribution in [0.5, 0.6) is 0 Å². The molecule has 2 N–H and O–H groups in total. The second kappa shape index (κ2) is 9.64. The molecule has 0 bridgehead atoms. The Morgan fingerprint density at radius 3 is 2.58 bits per heavy atom. The molecular weight excluding hydrogens is 390 g/mol. The lowest BCUT2D eigenvalue weighted by atomic mass is 10.0. The van der Waals surface area contributed by atoms with Crippen LogP contribution >= 0.6 is 0 Å². The molecule has 4 rings (SSSR count). The first-order valence-electron chi connectivity index (χ1n) is 11.5. The van der Waals surface area contributed by atoms with Gasteiger partial charge in [0.1, 0.15) is 5.69 Å². The molecular formula is C24H33N5O2. The van der Waals surface area contributed by atoms with Gasteiger partial charge in [-0.2, -0.15) is 0 Å². The standard InChI is InChI=1S/C24H33N5O2/c1-3-17-6-9-21(27-23(17)30)18-5-7-19(15-18)28-11-13-29(14-12-28)20-8-10-22(26-16-20)24(31)25-4-2/h6,8-10,16,18-19H,3-5,7,11-15H2,1-2H3,(H,25,31)(H,27,30)/t18-,19+/m1/s1. The topological polar surface area (TPSA) is 81.3 Å². The van der Waals surface area contributed by atoms with Gasteiger partial charge in [0.2, 0.25) is 0 Å². The number of anilines is 1. The Hall–Kier alpha value is -2.67. The van der Waals surface area contributed by atoms with E-state index in [0.29, 0.717) is 24.2 Å². The Balaban J connectivity index is 1.31. The smallest absolute Gasteiger partial charge is 0.269 e. The number of piperazine rings is 1. The van der Waals surface area contributed by atoms with Gasteiger partial charge in [-0.1, -0.05) is 13.0 Å². The lowest BCUT2D eigenvalue weighted by Crippen LogP contribution is -2.49. The number of amides is 1. The van der Waals surface area contributed by atoms with Crippen molar-refractivity contribution in [3.8, 4) is 0 Å². The van der Waals surface area contributed by atoms with Crippen molar-refractivity contribution in [2.75, 3.05) is 37.6 Å². The van der Waals surface area contributed by atoms with Gasteiger partial charge in [0.25, 0.3) is 11.5 Å². The monoisotopic (exact) mass is 423 g/mol. The molecule has 2 aliphatic rings. The summed E-state index contributed by atoms with van der Waals surface area (Å²) in [5, 5.41) is 2.78. The third-order valence-corrected chi connectivity index (χ3v) is 6.75. The Kier molecular flexibility index (Phi) is 6.70. The summed E-state index contributed by atoms with van der Waals surface area (Å²) in [6, 6.07) is 8.49. The van der Waals surface area contributed by atoms with Crippen LogP contribution in [0.15, 0.2) is 35.3 Å². The van der Waals surface area contributed by atoms with E-state index in [9.17, 15) is 9.59 Å². The van der Waals surface area contributed by atoms with Gasteiger partial charge in [0, 0.05) is 55.9 Å². The first kappa shape index (κ1) is 21.6. The number of carbonyl (C=O) groups excluding carboxylic acids is 1. The van der Waals surface area contributed by atoms with Crippen LogP contribution in [0.3, 0.4) is 0 Å². The molecule has 1 amide bonds. The SMILES string of the molecule is CCNC(=O)c1ccc(N2CCN([C@H]3CC[C@@H](c4ccc(CC)c(=O)[nH]4)C3)CC2)cn1. The van der Waals surface area contributed by atoms with Gasteiger partial charge in [-0.3, -0.25) is 14.5 Å². The van der Waals surface area contributed by atoms with Crippen molar-refractivity contribution >= 4 is 11.6 Å². The average Bonchev–Trinajstić information content (AvgIpc) is 3.30. The van der Waals surface area contributed by atoms with Crippen LogP contribution in [0, 0.1) is 0 Å². The summed E-state index contributed by atoms with van der Waals surface area (Å²) in [5.41, 5.74) is 3.57. The van der Waals surface area contributed by atoms with Gasteiger partial charge in [0.15, 0.2) is 0 Å². The minimum atomic E-state index is -0.125. The number of nitrogens with one attached hydrogen (secondary N) is 2. The Labute approximate surface area is 183 Å². The molecule has 2 aromatic rings. The highest BCUT2D eigenvalue weighted by Crippen LogP contribution is 2.36. The van der Waals surface area contributed by atoms with Crippen molar-refractivity contribution in [3.63, 3.8) is 0 Å². The van der Waals surface area contributed by atoms with Crippen molar-refractivity contribution in [1.29, 1.82) is 0 Å². The zero-order valence-electron chi connectivity index (χ0n) is 18.6. The predicted molar refractivity (Wildman–Crippen MR) is 123 cm³/mol. The lowest BCUT2D eigenvalue weighted by Gasteiger charge is -2.39. The molecule has 0 unspecified atom stereocenters. The quantitative estimate of drug-likeness (QED) is 0.746. The number of hydrogen-bond acceptors (Lipinski definition) is 5. The molecule has 166 valence electrons. The number of H-pyrrole nitrogens is 1. The number of carbonyl (C=O) groups is 1. The van der Waals surface area contributed by atoms with Crippen molar-refractivity contribution in [1.82, 2.24) is 20.2 Å². The summed E-state index contributed by atoms with van der Waals surface area (Å²) < 4.78 is 0. The highest BCUT2D eigenvalue weighted by molar-refractivity contribution is 5.92. The van der Waals surface area contributed by atoms with Gasteiger partial charge in [-0.25, -0.2) is 4.98 Å². The highest BCUT2D eigenvalue weighted by atomic mass is 16.1. The molecule has 7 nitrogen and oxygen atoms in total. The summed E-state index contributed by atoms with van der Waals surface area (Å²) in [6.45, 7) is 8.51. The van der Waals surface area contributed by atoms with Crippen LogP contribution in [0.2, 0.25) is 0 Å². The summed E-state index contributed by atoms with van der Waals surface area (Å²) in [7, 11) is 0. The Morgan fingerprint density at radius 1 is 1.13 bits per heavy atom. The maximum atomic E-state index is 12.2. The van der Waals surface area contributed by atoms with E-state index in [-0.39, 0.29) is 11.5 Å². The molecule has 0 radical (unpaired) electrons. The average molecular weight is 424 g/mol. The second-order valence-corrected chi connectivity index (χ2v) is 8.57. The summed E-state index contributed by atoms with van der Waals surface area (Å²) >= 11 is 0.